The SMILES string of the molecule is CSc1ccc(C=Nc2cccc(S(=O)(=O)N3CCOCC3)c2)cc1. The minimum Gasteiger partial charge on any atom is -0.379 e. The molecule has 0 atom stereocenters. The van der Waals surface area contributed by atoms with E-state index in [1.54, 1.807) is 42.2 Å². The number of nitrogens with zero attached hydrogens (tertiary/aromatic N) is 2. The van der Waals surface area contributed by atoms with Crippen LogP contribution in [0.4, 0.5) is 5.69 Å². The fourth-order valence-electron chi connectivity index (χ4n) is 2.50. The summed E-state index contributed by atoms with van der Waals surface area (Å²) in [7, 11) is -3.50. The minimum atomic E-state index is -3.50. The third-order valence-corrected chi connectivity index (χ3v) is 6.54. The van der Waals surface area contributed by atoms with Crippen LogP contribution in [0.25, 0.3) is 0 Å². The maximum atomic E-state index is 12.7. The average molecular weight is 377 g/mol. The van der Waals surface area contributed by atoms with Gasteiger partial charge in [0.1, 0.15) is 0 Å². The quantitative estimate of drug-likeness (QED) is 0.594. The van der Waals surface area contributed by atoms with Crippen molar-refractivity contribution in [3.8, 4) is 0 Å². The molecule has 3 rings (SSSR count). The smallest absolute Gasteiger partial charge is 0.243 e. The van der Waals surface area contributed by atoms with Crippen LogP contribution in [0.1, 0.15) is 5.56 Å². The van der Waals surface area contributed by atoms with E-state index in [4.69, 9.17) is 4.74 Å². The van der Waals surface area contributed by atoms with Gasteiger partial charge < -0.3 is 4.74 Å². The molecule has 1 aliphatic heterocycles. The van der Waals surface area contributed by atoms with Crippen LogP contribution in [0.15, 0.2) is 63.3 Å². The maximum absolute atomic E-state index is 12.7. The van der Waals surface area contributed by atoms with Crippen LogP contribution in [0.2, 0.25) is 0 Å². The Morgan fingerprint density at radius 3 is 2.52 bits per heavy atom. The fraction of sp³-hybridized carbons (Fsp3) is 0.278. The molecule has 1 fully saturated rings. The fourth-order valence-corrected chi connectivity index (χ4v) is 4.36. The Morgan fingerprint density at radius 2 is 1.84 bits per heavy atom. The molecule has 1 saturated heterocycles. The molecule has 1 heterocycles. The topological polar surface area (TPSA) is 59.0 Å². The van der Waals surface area contributed by atoms with E-state index in [1.807, 2.05) is 30.5 Å². The van der Waals surface area contributed by atoms with Gasteiger partial charge in [-0.2, -0.15) is 4.31 Å². The van der Waals surface area contributed by atoms with E-state index in [9.17, 15) is 8.42 Å². The first-order valence-corrected chi connectivity index (χ1v) is 10.6. The summed E-state index contributed by atoms with van der Waals surface area (Å²) in [5.41, 5.74) is 1.59. The largest absolute Gasteiger partial charge is 0.379 e. The number of aliphatic imine (C=N–C) groups is 1. The van der Waals surface area contributed by atoms with Crippen molar-refractivity contribution in [2.75, 3.05) is 32.6 Å². The van der Waals surface area contributed by atoms with Gasteiger partial charge >= 0.3 is 0 Å². The lowest BCUT2D eigenvalue weighted by molar-refractivity contribution is 0.0730. The molecule has 0 radical (unpaired) electrons. The summed E-state index contributed by atoms with van der Waals surface area (Å²) in [4.78, 5) is 5.87. The lowest BCUT2D eigenvalue weighted by Gasteiger charge is -2.26. The summed E-state index contributed by atoms with van der Waals surface area (Å²) in [5, 5.41) is 0. The first kappa shape index (κ1) is 18.1. The van der Waals surface area contributed by atoms with E-state index in [2.05, 4.69) is 4.99 Å². The third kappa shape index (κ3) is 4.49. The molecule has 0 spiro atoms. The van der Waals surface area contributed by atoms with E-state index >= 15 is 0 Å². The van der Waals surface area contributed by atoms with Gasteiger partial charge in [0.2, 0.25) is 10.0 Å². The molecular weight excluding hydrogens is 356 g/mol. The minimum absolute atomic E-state index is 0.266. The van der Waals surface area contributed by atoms with E-state index in [0.717, 1.165) is 5.56 Å². The Morgan fingerprint density at radius 1 is 1.12 bits per heavy atom. The first-order valence-electron chi connectivity index (χ1n) is 7.96. The summed E-state index contributed by atoms with van der Waals surface area (Å²) in [6.07, 6.45) is 3.77. The zero-order chi connectivity index (χ0) is 17.7. The Hall–Kier alpha value is -1.67. The Kier molecular flexibility index (Phi) is 5.90. The van der Waals surface area contributed by atoms with E-state index in [1.165, 1.54) is 9.20 Å². The summed E-state index contributed by atoms with van der Waals surface area (Å²) in [6, 6.07) is 14.8. The second-order valence-corrected chi connectivity index (χ2v) is 8.36. The van der Waals surface area contributed by atoms with Gasteiger partial charge in [-0.1, -0.05) is 18.2 Å². The highest BCUT2D eigenvalue weighted by Gasteiger charge is 2.26. The number of hydrogen-bond donors (Lipinski definition) is 0. The van der Waals surface area contributed by atoms with E-state index in [0.29, 0.717) is 32.0 Å². The number of benzene rings is 2. The highest BCUT2D eigenvalue weighted by atomic mass is 32.2. The number of thioether (sulfide) groups is 1. The zero-order valence-electron chi connectivity index (χ0n) is 14.0. The summed E-state index contributed by atoms with van der Waals surface area (Å²) >= 11 is 1.69. The van der Waals surface area contributed by atoms with Crippen molar-refractivity contribution in [3.05, 3.63) is 54.1 Å². The molecule has 0 unspecified atom stereocenters. The van der Waals surface area contributed by atoms with Crippen LogP contribution >= 0.6 is 11.8 Å². The van der Waals surface area contributed by atoms with Gasteiger partial charge in [-0.05, 0) is 42.2 Å². The van der Waals surface area contributed by atoms with E-state index < -0.39 is 10.0 Å². The molecule has 0 aliphatic carbocycles. The first-order chi connectivity index (χ1) is 12.1. The van der Waals surface area contributed by atoms with Crippen molar-refractivity contribution in [1.29, 1.82) is 0 Å². The summed E-state index contributed by atoms with van der Waals surface area (Å²) in [6.45, 7) is 1.64. The highest BCUT2D eigenvalue weighted by molar-refractivity contribution is 7.98. The normalized spacial score (nSPS) is 16.4. The second kappa shape index (κ2) is 8.14. The zero-order valence-corrected chi connectivity index (χ0v) is 15.6. The van der Waals surface area contributed by atoms with Crippen LogP contribution in [0.3, 0.4) is 0 Å². The molecule has 1 aliphatic rings. The molecule has 25 heavy (non-hydrogen) atoms. The molecule has 0 aromatic heterocycles. The van der Waals surface area contributed by atoms with Gasteiger partial charge in [0, 0.05) is 24.2 Å². The van der Waals surface area contributed by atoms with Gasteiger partial charge in [0.05, 0.1) is 23.8 Å². The predicted molar refractivity (Wildman–Crippen MR) is 101 cm³/mol. The number of hydrogen-bond acceptors (Lipinski definition) is 5. The van der Waals surface area contributed by atoms with Crippen LogP contribution in [-0.4, -0.2) is 51.5 Å². The van der Waals surface area contributed by atoms with Gasteiger partial charge in [0.25, 0.3) is 0 Å². The lowest BCUT2D eigenvalue weighted by Crippen LogP contribution is -2.40. The maximum Gasteiger partial charge on any atom is 0.243 e. The van der Waals surface area contributed by atoms with Crippen molar-refractivity contribution >= 4 is 33.7 Å². The van der Waals surface area contributed by atoms with Crippen molar-refractivity contribution in [2.24, 2.45) is 4.99 Å². The van der Waals surface area contributed by atoms with Crippen molar-refractivity contribution in [3.63, 3.8) is 0 Å². The lowest BCUT2D eigenvalue weighted by atomic mass is 10.2. The summed E-state index contributed by atoms with van der Waals surface area (Å²) < 4.78 is 32.1. The molecule has 7 heteroatoms. The van der Waals surface area contributed by atoms with Crippen molar-refractivity contribution in [1.82, 2.24) is 4.31 Å². The monoisotopic (exact) mass is 376 g/mol. The van der Waals surface area contributed by atoms with Crippen LogP contribution in [-0.2, 0) is 14.8 Å². The molecule has 2 aromatic carbocycles. The molecule has 0 amide bonds. The Balaban J connectivity index is 1.79. The molecule has 0 N–H and O–H groups in total. The third-order valence-electron chi connectivity index (χ3n) is 3.90. The van der Waals surface area contributed by atoms with Gasteiger partial charge in [-0.25, -0.2) is 8.42 Å². The van der Waals surface area contributed by atoms with Crippen LogP contribution < -0.4 is 0 Å². The van der Waals surface area contributed by atoms with Gasteiger partial charge in [-0.3, -0.25) is 4.99 Å². The number of sulfonamides is 1. The predicted octanol–water partition coefficient (Wildman–Crippen LogP) is 3.18. The number of morpholine rings is 1. The van der Waals surface area contributed by atoms with Crippen molar-refractivity contribution in [2.45, 2.75) is 9.79 Å². The second-order valence-electron chi connectivity index (χ2n) is 5.55. The molecule has 132 valence electrons. The molecule has 2 aromatic rings. The van der Waals surface area contributed by atoms with Crippen LogP contribution in [0.5, 0.6) is 0 Å². The number of ether oxygens (including phenoxy) is 1. The number of rotatable bonds is 5. The molecule has 0 bridgehead atoms. The van der Waals surface area contributed by atoms with E-state index in [-0.39, 0.29) is 4.90 Å². The van der Waals surface area contributed by atoms with Crippen molar-refractivity contribution < 1.29 is 13.2 Å². The van der Waals surface area contributed by atoms with Gasteiger partial charge in [-0.15, -0.1) is 11.8 Å². The molecule has 0 saturated carbocycles. The highest BCUT2D eigenvalue weighted by Crippen LogP contribution is 2.22. The standard InChI is InChI=1S/C18H20N2O3S2/c1-24-17-7-5-15(6-8-17)14-19-16-3-2-4-18(13-16)25(21,22)20-9-11-23-12-10-20/h2-8,13-14H,9-12H2,1H3. The molecule has 5 nitrogen and oxygen atoms in total. The Labute approximate surface area is 152 Å². The Bertz CT molecular complexity index is 843. The van der Waals surface area contributed by atoms with Crippen LogP contribution in [0, 0.1) is 0 Å². The molecular formula is C18H20N2O3S2. The van der Waals surface area contributed by atoms with Gasteiger partial charge in [0.15, 0.2) is 0 Å². The average Bonchev–Trinajstić information content (AvgIpc) is 2.67. The summed E-state index contributed by atoms with van der Waals surface area (Å²) in [5.74, 6) is 0.